The van der Waals surface area contributed by atoms with E-state index < -0.39 is 0 Å². The molecule has 21 heavy (non-hydrogen) atoms. The van der Waals surface area contributed by atoms with Gasteiger partial charge in [0.2, 0.25) is 0 Å². The van der Waals surface area contributed by atoms with Crippen molar-refractivity contribution < 1.29 is 9.47 Å². The van der Waals surface area contributed by atoms with E-state index in [0.717, 1.165) is 13.2 Å². The Balaban J connectivity index is 2.08. The van der Waals surface area contributed by atoms with Crippen molar-refractivity contribution in [2.24, 2.45) is 0 Å². The first-order valence-corrected chi connectivity index (χ1v) is 8.42. The number of thiophene rings is 1. The Bertz CT molecular complexity index is 551. The molecule has 2 aromatic rings. The molecule has 1 N–H and O–H groups in total. The summed E-state index contributed by atoms with van der Waals surface area (Å²) in [6, 6.07) is 9.05. The molecule has 1 aromatic heterocycles. The van der Waals surface area contributed by atoms with Gasteiger partial charge in [0, 0.05) is 34.3 Å². The fourth-order valence-corrected chi connectivity index (χ4v) is 3.34. The third-order valence-corrected chi connectivity index (χ3v) is 4.49. The minimum Gasteiger partial charge on any atom is -0.379 e. The first kappa shape index (κ1) is 16.4. The fourth-order valence-electron chi connectivity index (χ4n) is 2.18. The van der Waals surface area contributed by atoms with Crippen LogP contribution < -0.4 is 5.32 Å². The number of hydrogen-bond acceptors (Lipinski definition) is 4. The van der Waals surface area contributed by atoms with Crippen molar-refractivity contribution in [3.05, 3.63) is 34.7 Å². The highest BCUT2D eigenvalue weighted by Crippen LogP contribution is 2.31. The van der Waals surface area contributed by atoms with Gasteiger partial charge in [0.1, 0.15) is 0 Å². The van der Waals surface area contributed by atoms with E-state index in [1.165, 1.54) is 20.5 Å². The van der Waals surface area contributed by atoms with Crippen molar-refractivity contribution in [2.45, 2.75) is 40.0 Å². The molecule has 1 aromatic carbocycles. The molecule has 0 aliphatic carbocycles. The van der Waals surface area contributed by atoms with Gasteiger partial charge in [-0.05, 0) is 18.4 Å². The zero-order valence-electron chi connectivity index (χ0n) is 13.1. The van der Waals surface area contributed by atoms with Crippen molar-refractivity contribution >= 4 is 21.4 Å². The molecule has 0 fully saturated rings. The summed E-state index contributed by atoms with van der Waals surface area (Å²) in [4.78, 5) is 1.38. The molecule has 2 rings (SSSR count). The van der Waals surface area contributed by atoms with E-state index in [0.29, 0.717) is 25.9 Å². The van der Waals surface area contributed by atoms with Crippen LogP contribution in [0.2, 0.25) is 0 Å². The molecule has 4 heteroatoms. The number of hydrogen-bond donors (Lipinski definition) is 1. The van der Waals surface area contributed by atoms with Crippen molar-refractivity contribution in [2.75, 3.05) is 19.8 Å². The molecule has 116 valence electrons. The van der Waals surface area contributed by atoms with Crippen LogP contribution in [0.15, 0.2) is 24.3 Å². The van der Waals surface area contributed by atoms with Crippen LogP contribution in [0, 0.1) is 0 Å². The second-order valence-corrected chi connectivity index (χ2v) is 6.42. The molecule has 0 bridgehead atoms. The zero-order chi connectivity index (χ0) is 15.1. The van der Waals surface area contributed by atoms with Crippen molar-refractivity contribution in [3.8, 4) is 0 Å². The van der Waals surface area contributed by atoms with Gasteiger partial charge in [-0.15, -0.1) is 11.3 Å². The van der Waals surface area contributed by atoms with E-state index in [1.807, 2.05) is 18.3 Å². The topological polar surface area (TPSA) is 30.5 Å². The molecule has 0 aliphatic rings. The van der Waals surface area contributed by atoms with Crippen LogP contribution in [0.1, 0.15) is 31.2 Å². The van der Waals surface area contributed by atoms with Crippen molar-refractivity contribution in [3.63, 3.8) is 0 Å². The van der Waals surface area contributed by atoms with Crippen molar-refractivity contribution in [1.29, 1.82) is 0 Å². The van der Waals surface area contributed by atoms with Gasteiger partial charge < -0.3 is 14.8 Å². The molecule has 0 unspecified atom stereocenters. The van der Waals surface area contributed by atoms with Crippen LogP contribution in [-0.2, 0) is 22.6 Å². The summed E-state index contributed by atoms with van der Waals surface area (Å²) in [5, 5.41) is 4.82. The van der Waals surface area contributed by atoms with Crippen LogP contribution in [0.5, 0.6) is 0 Å². The van der Waals surface area contributed by atoms with Gasteiger partial charge >= 0.3 is 0 Å². The van der Waals surface area contributed by atoms with E-state index in [4.69, 9.17) is 9.47 Å². The molecule has 0 radical (unpaired) electrons. The van der Waals surface area contributed by atoms with Crippen LogP contribution in [-0.4, -0.2) is 25.9 Å². The monoisotopic (exact) mass is 307 g/mol. The van der Waals surface area contributed by atoms with E-state index in [-0.39, 0.29) is 0 Å². The Morgan fingerprint density at radius 2 is 1.90 bits per heavy atom. The summed E-state index contributed by atoms with van der Waals surface area (Å²) < 4.78 is 12.4. The van der Waals surface area contributed by atoms with E-state index >= 15 is 0 Å². The summed E-state index contributed by atoms with van der Waals surface area (Å²) in [6.07, 6.45) is 0. The highest BCUT2D eigenvalue weighted by molar-refractivity contribution is 7.19. The first-order valence-electron chi connectivity index (χ1n) is 7.60. The lowest BCUT2D eigenvalue weighted by Gasteiger charge is -2.10. The third kappa shape index (κ3) is 4.78. The Morgan fingerprint density at radius 3 is 2.67 bits per heavy atom. The fraction of sp³-hybridized carbons (Fsp3) is 0.529. The summed E-state index contributed by atoms with van der Waals surface area (Å²) in [6.45, 7) is 9.97. The lowest BCUT2D eigenvalue weighted by atomic mass is 10.1. The highest BCUT2D eigenvalue weighted by atomic mass is 32.1. The van der Waals surface area contributed by atoms with Crippen LogP contribution in [0.25, 0.3) is 10.1 Å². The SMILES string of the molecule is CCOCCOCc1c(CNC(C)C)sc2ccccc12. The number of nitrogens with one attached hydrogen (secondary N) is 1. The molecule has 1 heterocycles. The summed E-state index contributed by atoms with van der Waals surface area (Å²) >= 11 is 1.86. The second kappa shape index (κ2) is 8.49. The minimum atomic E-state index is 0.488. The Kier molecular flexibility index (Phi) is 6.64. The van der Waals surface area contributed by atoms with E-state index in [9.17, 15) is 0 Å². The number of rotatable bonds is 9. The van der Waals surface area contributed by atoms with Gasteiger partial charge in [0.05, 0.1) is 19.8 Å². The molecule has 0 spiro atoms. The average molecular weight is 307 g/mol. The number of ether oxygens (including phenoxy) is 2. The standard InChI is InChI=1S/C17H25NO2S/c1-4-19-9-10-20-12-15-14-7-5-6-8-16(14)21-17(15)11-18-13(2)3/h5-8,13,18H,4,9-12H2,1-3H3. The minimum absolute atomic E-state index is 0.488. The smallest absolute Gasteiger partial charge is 0.0735 e. The third-order valence-electron chi connectivity index (χ3n) is 3.28. The maximum Gasteiger partial charge on any atom is 0.0735 e. The zero-order valence-corrected chi connectivity index (χ0v) is 14.0. The largest absolute Gasteiger partial charge is 0.379 e. The molecular weight excluding hydrogens is 282 g/mol. The maximum atomic E-state index is 5.79. The summed E-state index contributed by atoms with van der Waals surface area (Å²) in [5.41, 5.74) is 1.32. The highest BCUT2D eigenvalue weighted by Gasteiger charge is 2.12. The van der Waals surface area contributed by atoms with Crippen LogP contribution in [0.4, 0.5) is 0 Å². The summed E-state index contributed by atoms with van der Waals surface area (Å²) in [5.74, 6) is 0. The molecular formula is C17H25NO2S. The van der Waals surface area contributed by atoms with Gasteiger partial charge in [-0.1, -0.05) is 32.0 Å². The van der Waals surface area contributed by atoms with Gasteiger partial charge in [-0.3, -0.25) is 0 Å². The lowest BCUT2D eigenvalue weighted by Crippen LogP contribution is -2.21. The van der Waals surface area contributed by atoms with E-state index in [2.05, 4.69) is 43.4 Å². The quantitative estimate of drug-likeness (QED) is 0.712. The summed E-state index contributed by atoms with van der Waals surface area (Å²) in [7, 11) is 0. The molecule has 0 aliphatic heterocycles. The number of benzene rings is 1. The molecule has 3 nitrogen and oxygen atoms in total. The predicted octanol–water partition coefficient (Wildman–Crippen LogP) is 3.95. The first-order chi connectivity index (χ1) is 10.2. The van der Waals surface area contributed by atoms with Gasteiger partial charge in [0.25, 0.3) is 0 Å². The molecule has 0 atom stereocenters. The predicted molar refractivity (Wildman–Crippen MR) is 89.9 cm³/mol. The number of fused-ring (bicyclic) bond motifs is 1. The van der Waals surface area contributed by atoms with E-state index in [1.54, 1.807) is 0 Å². The van der Waals surface area contributed by atoms with Gasteiger partial charge in [-0.2, -0.15) is 0 Å². The maximum absolute atomic E-state index is 5.79. The Labute approximate surface area is 131 Å². The van der Waals surface area contributed by atoms with Crippen LogP contribution in [0.3, 0.4) is 0 Å². The molecule has 0 saturated carbocycles. The Morgan fingerprint density at radius 1 is 1.14 bits per heavy atom. The normalized spacial score (nSPS) is 11.6. The van der Waals surface area contributed by atoms with Gasteiger partial charge in [-0.25, -0.2) is 0 Å². The van der Waals surface area contributed by atoms with Gasteiger partial charge in [0.15, 0.2) is 0 Å². The Hall–Kier alpha value is -0.940. The lowest BCUT2D eigenvalue weighted by molar-refractivity contribution is 0.0455. The van der Waals surface area contributed by atoms with Crippen molar-refractivity contribution in [1.82, 2.24) is 5.32 Å². The molecule has 0 saturated heterocycles. The van der Waals surface area contributed by atoms with Crippen LogP contribution >= 0.6 is 11.3 Å². The molecule has 0 amide bonds. The average Bonchev–Trinajstić information content (AvgIpc) is 2.83. The second-order valence-electron chi connectivity index (χ2n) is 5.29.